The predicted molar refractivity (Wildman–Crippen MR) is 61.0 cm³/mol. The van der Waals surface area contributed by atoms with Gasteiger partial charge in [-0.2, -0.15) is 26.3 Å². The number of nitrogens with zero attached hydrogens (tertiary/aromatic N) is 1. The van der Waals surface area contributed by atoms with Gasteiger partial charge >= 0.3 is 12.4 Å². The third-order valence-corrected chi connectivity index (χ3v) is 3.33. The van der Waals surface area contributed by atoms with Crippen LogP contribution in [0.4, 0.5) is 26.3 Å². The van der Waals surface area contributed by atoms with Crippen LogP contribution in [0.3, 0.4) is 0 Å². The van der Waals surface area contributed by atoms with Crippen molar-refractivity contribution in [3.8, 4) is 0 Å². The number of alkyl halides is 6. The minimum absolute atomic E-state index is 0.160. The summed E-state index contributed by atoms with van der Waals surface area (Å²) < 4.78 is 81.7. The Morgan fingerprint density at radius 1 is 1.00 bits per heavy atom. The number of ether oxygens (including phenoxy) is 1. The van der Waals surface area contributed by atoms with Crippen LogP contribution in [-0.4, -0.2) is 45.2 Å². The van der Waals surface area contributed by atoms with E-state index in [4.69, 9.17) is 9.84 Å². The second-order valence-corrected chi connectivity index (χ2v) is 4.88. The number of aromatic nitrogens is 1. The fourth-order valence-electron chi connectivity index (χ4n) is 2.21. The van der Waals surface area contributed by atoms with Crippen molar-refractivity contribution >= 4 is 0 Å². The Morgan fingerprint density at radius 3 is 2.04 bits per heavy atom. The molecule has 1 aromatic rings. The molecule has 1 aliphatic rings. The predicted octanol–water partition coefficient (Wildman–Crippen LogP) is 1.27. The topological polar surface area (TPSA) is 82.8 Å². The molecule has 0 amide bonds. The molecule has 0 spiro atoms. The molecule has 1 saturated heterocycles. The molecule has 0 aliphatic carbocycles. The van der Waals surface area contributed by atoms with Gasteiger partial charge in [-0.05, 0) is 12.1 Å². The standard InChI is InChI=1S/C12H11F6NO4/c13-11(14,15)4-1-2-6(12(16,17)18)19-7(4)10-9(22)8(21)5(3-20)23-10/h1-2,5,8-10,20-22H,3H2/t5-,8-,9-,10+/m1/s1. The molecule has 0 saturated carbocycles. The molecule has 0 bridgehead atoms. The van der Waals surface area contributed by atoms with Crippen molar-refractivity contribution in [2.24, 2.45) is 0 Å². The zero-order chi connectivity index (χ0) is 17.6. The van der Waals surface area contributed by atoms with Gasteiger partial charge in [-0.25, -0.2) is 4.98 Å². The van der Waals surface area contributed by atoms with E-state index in [1.165, 1.54) is 0 Å². The summed E-state index contributed by atoms with van der Waals surface area (Å²) in [6, 6.07) is 0.341. The summed E-state index contributed by atoms with van der Waals surface area (Å²) in [5, 5.41) is 28.2. The summed E-state index contributed by atoms with van der Waals surface area (Å²) in [5.74, 6) is 0. The summed E-state index contributed by atoms with van der Waals surface area (Å²) >= 11 is 0. The van der Waals surface area contributed by atoms with Gasteiger partial charge in [0.25, 0.3) is 0 Å². The molecule has 130 valence electrons. The first-order valence-corrected chi connectivity index (χ1v) is 6.24. The normalized spacial score (nSPS) is 29.1. The molecule has 1 fully saturated rings. The molecule has 3 N–H and O–H groups in total. The Balaban J connectivity index is 2.54. The minimum atomic E-state index is -5.04. The molecule has 11 heteroatoms. The highest BCUT2D eigenvalue weighted by Gasteiger charge is 2.48. The SMILES string of the molecule is OC[C@H]1O[C@@H](c2nc(C(F)(F)F)ccc2C(F)(F)F)[C@H](O)[C@@H]1O. The van der Waals surface area contributed by atoms with Gasteiger partial charge < -0.3 is 20.1 Å². The molecule has 5 nitrogen and oxygen atoms in total. The van der Waals surface area contributed by atoms with Crippen molar-refractivity contribution in [1.82, 2.24) is 4.98 Å². The second kappa shape index (κ2) is 5.89. The van der Waals surface area contributed by atoms with Crippen molar-refractivity contribution in [1.29, 1.82) is 0 Å². The molecule has 1 aliphatic heterocycles. The zero-order valence-corrected chi connectivity index (χ0v) is 11.1. The maximum Gasteiger partial charge on any atom is 0.433 e. The smallest absolute Gasteiger partial charge is 0.394 e. The zero-order valence-electron chi connectivity index (χ0n) is 11.1. The Labute approximate surface area is 125 Å². The van der Waals surface area contributed by atoms with Crippen molar-refractivity contribution in [2.45, 2.75) is 36.8 Å². The minimum Gasteiger partial charge on any atom is -0.394 e. The Morgan fingerprint density at radius 2 is 1.61 bits per heavy atom. The third-order valence-electron chi connectivity index (χ3n) is 3.33. The Hall–Kier alpha value is -1.43. The van der Waals surface area contributed by atoms with Crippen LogP contribution in [0, 0.1) is 0 Å². The number of rotatable bonds is 2. The lowest BCUT2D eigenvalue weighted by atomic mass is 10.0. The van der Waals surface area contributed by atoms with Gasteiger partial charge in [0.1, 0.15) is 30.1 Å². The van der Waals surface area contributed by atoms with E-state index >= 15 is 0 Å². The first-order chi connectivity index (χ1) is 10.5. The molecule has 2 heterocycles. The maximum absolute atomic E-state index is 13.0. The van der Waals surface area contributed by atoms with Gasteiger partial charge in [0.2, 0.25) is 0 Å². The van der Waals surface area contributed by atoms with Crippen LogP contribution < -0.4 is 0 Å². The van der Waals surface area contributed by atoms with Gasteiger partial charge in [-0.3, -0.25) is 0 Å². The highest BCUT2D eigenvalue weighted by Crippen LogP contribution is 2.41. The highest BCUT2D eigenvalue weighted by molar-refractivity contribution is 5.30. The number of hydrogen-bond donors (Lipinski definition) is 3. The quantitative estimate of drug-likeness (QED) is 0.702. The number of halogens is 6. The van der Waals surface area contributed by atoms with E-state index in [-0.39, 0.29) is 12.1 Å². The lowest BCUT2D eigenvalue weighted by Crippen LogP contribution is -2.32. The Kier molecular flexibility index (Phi) is 4.59. The monoisotopic (exact) mass is 347 g/mol. The van der Waals surface area contributed by atoms with Crippen LogP contribution in [0.25, 0.3) is 0 Å². The van der Waals surface area contributed by atoms with Crippen LogP contribution in [0.15, 0.2) is 12.1 Å². The summed E-state index contributed by atoms with van der Waals surface area (Å²) in [7, 11) is 0. The Bertz CT molecular complexity index is 576. The summed E-state index contributed by atoms with van der Waals surface area (Å²) in [5.41, 5.74) is -4.33. The third kappa shape index (κ3) is 3.42. The van der Waals surface area contributed by atoms with Crippen molar-refractivity contribution < 1.29 is 46.4 Å². The van der Waals surface area contributed by atoms with Crippen molar-refractivity contribution in [3.05, 3.63) is 29.1 Å². The first kappa shape index (κ1) is 17.9. The molecular weight excluding hydrogens is 336 g/mol. The highest BCUT2D eigenvalue weighted by atomic mass is 19.4. The van der Waals surface area contributed by atoms with Crippen LogP contribution in [-0.2, 0) is 17.1 Å². The molecule has 23 heavy (non-hydrogen) atoms. The molecule has 0 radical (unpaired) electrons. The van der Waals surface area contributed by atoms with Gasteiger partial charge in [-0.1, -0.05) is 0 Å². The summed E-state index contributed by atoms with van der Waals surface area (Å²) in [6.07, 6.45) is -17.2. The van der Waals surface area contributed by atoms with E-state index < -0.39 is 60.3 Å². The molecule has 1 aromatic heterocycles. The van der Waals surface area contributed by atoms with E-state index in [9.17, 15) is 36.6 Å². The van der Waals surface area contributed by atoms with E-state index in [0.29, 0.717) is 0 Å². The number of pyridine rings is 1. The van der Waals surface area contributed by atoms with E-state index in [1.54, 1.807) is 0 Å². The average molecular weight is 347 g/mol. The lowest BCUT2D eigenvalue weighted by molar-refractivity contribution is -0.146. The van der Waals surface area contributed by atoms with Crippen LogP contribution in [0.5, 0.6) is 0 Å². The maximum atomic E-state index is 13.0. The van der Waals surface area contributed by atoms with Crippen molar-refractivity contribution in [3.63, 3.8) is 0 Å². The van der Waals surface area contributed by atoms with Gasteiger partial charge in [0.05, 0.1) is 17.9 Å². The van der Waals surface area contributed by atoms with Crippen LogP contribution >= 0.6 is 0 Å². The summed E-state index contributed by atoms with van der Waals surface area (Å²) in [6.45, 7) is -0.838. The fraction of sp³-hybridized carbons (Fsp3) is 0.583. The van der Waals surface area contributed by atoms with Crippen LogP contribution in [0.1, 0.15) is 23.1 Å². The number of aliphatic hydroxyl groups is 3. The van der Waals surface area contributed by atoms with E-state index in [2.05, 4.69) is 4.98 Å². The molecule has 0 aromatic carbocycles. The van der Waals surface area contributed by atoms with E-state index in [0.717, 1.165) is 0 Å². The molecule has 2 rings (SSSR count). The first-order valence-electron chi connectivity index (χ1n) is 6.24. The molecule has 4 atom stereocenters. The van der Waals surface area contributed by atoms with E-state index in [1.807, 2.05) is 0 Å². The molecular formula is C12H11F6NO4. The average Bonchev–Trinajstić information content (AvgIpc) is 2.72. The van der Waals surface area contributed by atoms with Gasteiger partial charge in [-0.15, -0.1) is 0 Å². The van der Waals surface area contributed by atoms with Crippen LogP contribution in [0.2, 0.25) is 0 Å². The molecule has 0 unspecified atom stereocenters. The number of aliphatic hydroxyl groups excluding tert-OH is 3. The lowest BCUT2D eigenvalue weighted by Gasteiger charge is -2.20. The second-order valence-electron chi connectivity index (χ2n) is 4.88. The van der Waals surface area contributed by atoms with Gasteiger partial charge in [0, 0.05) is 0 Å². The van der Waals surface area contributed by atoms with Gasteiger partial charge in [0.15, 0.2) is 0 Å². The fourth-order valence-corrected chi connectivity index (χ4v) is 2.21. The summed E-state index contributed by atoms with van der Waals surface area (Å²) in [4.78, 5) is 2.92. The largest absolute Gasteiger partial charge is 0.433 e. The number of hydrogen-bond acceptors (Lipinski definition) is 5. The van der Waals surface area contributed by atoms with Crippen molar-refractivity contribution in [2.75, 3.05) is 6.61 Å².